The minimum atomic E-state index is -3.54. The van der Waals surface area contributed by atoms with Gasteiger partial charge in [0.2, 0.25) is 10.0 Å². The second-order valence-corrected chi connectivity index (χ2v) is 7.19. The summed E-state index contributed by atoms with van der Waals surface area (Å²) in [4.78, 5) is 10.2. The topological polar surface area (TPSA) is 92.5 Å². The van der Waals surface area contributed by atoms with E-state index in [1.165, 1.54) is 28.6 Å². The van der Waals surface area contributed by atoms with Crippen LogP contribution in [0, 0.1) is 22.0 Å². The summed E-state index contributed by atoms with van der Waals surface area (Å²) in [6.45, 7) is 2.77. The highest BCUT2D eigenvalue weighted by molar-refractivity contribution is 7.89. The van der Waals surface area contributed by atoms with E-state index in [0.717, 1.165) is 13.1 Å². The lowest BCUT2D eigenvalue weighted by Gasteiger charge is -2.17. The molecule has 0 radical (unpaired) electrons. The van der Waals surface area contributed by atoms with Gasteiger partial charge in [-0.15, -0.1) is 0 Å². The van der Waals surface area contributed by atoms with Crippen molar-refractivity contribution in [2.45, 2.75) is 4.90 Å². The summed E-state index contributed by atoms with van der Waals surface area (Å²) in [5.41, 5.74) is -0.105. The molecule has 1 aromatic carbocycles. The lowest BCUT2D eigenvalue weighted by molar-refractivity contribution is -0.384. The molecule has 2 aliphatic heterocycles. The van der Waals surface area contributed by atoms with Crippen molar-refractivity contribution in [3.8, 4) is 0 Å². The summed E-state index contributed by atoms with van der Waals surface area (Å²) in [5.74, 6) is 0.755. The van der Waals surface area contributed by atoms with E-state index in [2.05, 4.69) is 5.32 Å². The fraction of sp³-hybridized carbons (Fsp3) is 0.500. The van der Waals surface area contributed by atoms with Gasteiger partial charge in [-0.25, -0.2) is 8.42 Å². The van der Waals surface area contributed by atoms with Gasteiger partial charge in [-0.2, -0.15) is 4.31 Å². The molecule has 20 heavy (non-hydrogen) atoms. The minimum absolute atomic E-state index is 0.105. The zero-order valence-corrected chi connectivity index (χ0v) is 11.5. The number of hydrogen-bond donors (Lipinski definition) is 1. The molecular weight excluding hydrogens is 282 g/mol. The van der Waals surface area contributed by atoms with Crippen molar-refractivity contribution >= 4 is 15.7 Å². The molecule has 7 nitrogen and oxygen atoms in total. The van der Waals surface area contributed by atoms with E-state index in [4.69, 9.17) is 0 Å². The van der Waals surface area contributed by atoms with Gasteiger partial charge in [-0.1, -0.05) is 0 Å². The van der Waals surface area contributed by atoms with E-state index in [-0.39, 0.29) is 10.6 Å². The Labute approximate surface area is 116 Å². The Morgan fingerprint density at radius 2 is 1.70 bits per heavy atom. The van der Waals surface area contributed by atoms with Gasteiger partial charge in [0, 0.05) is 25.2 Å². The van der Waals surface area contributed by atoms with Crippen LogP contribution in [0.3, 0.4) is 0 Å². The Bertz CT molecular complexity index is 617. The number of nitrogens with zero attached hydrogens (tertiary/aromatic N) is 2. The Morgan fingerprint density at radius 3 is 2.20 bits per heavy atom. The van der Waals surface area contributed by atoms with Crippen molar-refractivity contribution in [1.29, 1.82) is 0 Å². The molecule has 1 N–H and O–H groups in total. The number of nitro benzene ring substituents is 1. The van der Waals surface area contributed by atoms with Gasteiger partial charge in [0.1, 0.15) is 0 Å². The quantitative estimate of drug-likeness (QED) is 0.645. The summed E-state index contributed by atoms with van der Waals surface area (Å²) >= 11 is 0. The van der Waals surface area contributed by atoms with Crippen molar-refractivity contribution in [3.63, 3.8) is 0 Å². The zero-order valence-electron chi connectivity index (χ0n) is 10.7. The van der Waals surface area contributed by atoms with E-state index in [0.29, 0.717) is 24.9 Å². The van der Waals surface area contributed by atoms with E-state index < -0.39 is 14.9 Å². The first-order chi connectivity index (χ1) is 9.48. The molecule has 8 heteroatoms. The molecular formula is C12H15N3O4S. The first-order valence-corrected chi connectivity index (χ1v) is 7.88. The van der Waals surface area contributed by atoms with Crippen LogP contribution in [0.1, 0.15) is 0 Å². The van der Waals surface area contributed by atoms with Gasteiger partial charge in [0.05, 0.1) is 9.82 Å². The first kappa shape index (κ1) is 13.5. The predicted molar refractivity (Wildman–Crippen MR) is 71.7 cm³/mol. The maximum absolute atomic E-state index is 12.5. The van der Waals surface area contributed by atoms with Crippen LogP contribution in [0.5, 0.6) is 0 Å². The normalized spacial score (nSPS) is 26.6. The smallest absolute Gasteiger partial charge is 0.269 e. The fourth-order valence-electron chi connectivity index (χ4n) is 2.90. The van der Waals surface area contributed by atoms with Crippen LogP contribution in [-0.2, 0) is 10.0 Å². The molecule has 0 unspecified atom stereocenters. The Morgan fingerprint density at radius 1 is 1.15 bits per heavy atom. The van der Waals surface area contributed by atoms with Crippen molar-refractivity contribution in [3.05, 3.63) is 34.4 Å². The van der Waals surface area contributed by atoms with Crippen LogP contribution in [0.4, 0.5) is 5.69 Å². The molecule has 2 fully saturated rings. The first-order valence-electron chi connectivity index (χ1n) is 6.44. The van der Waals surface area contributed by atoms with Crippen LogP contribution < -0.4 is 5.32 Å². The standard InChI is InChI=1S/C12H15N3O4S/c16-15(17)11-1-3-12(4-2-11)20(18,19)14-7-9-5-13-6-10(9)8-14/h1-4,9-10,13H,5-8H2/t9-,10+. The van der Waals surface area contributed by atoms with Gasteiger partial charge in [0.25, 0.3) is 5.69 Å². The molecule has 0 amide bonds. The zero-order chi connectivity index (χ0) is 14.3. The number of benzene rings is 1. The van der Waals surface area contributed by atoms with E-state index in [1.807, 2.05) is 0 Å². The van der Waals surface area contributed by atoms with E-state index in [9.17, 15) is 18.5 Å². The molecule has 3 rings (SSSR count). The van der Waals surface area contributed by atoms with Crippen LogP contribution in [0.25, 0.3) is 0 Å². The largest absolute Gasteiger partial charge is 0.316 e. The predicted octanol–water partition coefficient (Wildman–Crippen LogP) is 0.435. The maximum atomic E-state index is 12.5. The third-order valence-corrected chi connectivity index (χ3v) is 5.89. The molecule has 0 saturated carbocycles. The van der Waals surface area contributed by atoms with Crippen molar-refractivity contribution < 1.29 is 13.3 Å². The Hall–Kier alpha value is -1.51. The summed E-state index contributed by atoms with van der Waals surface area (Å²) in [6, 6.07) is 5.07. The van der Waals surface area contributed by atoms with Crippen LogP contribution in [-0.4, -0.2) is 43.8 Å². The third-order valence-electron chi connectivity index (χ3n) is 4.04. The number of nitrogens with one attached hydrogen (secondary N) is 1. The second-order valence-electron chi connectivity index (χ2n) is 5.25. The number of fused-ring (bicyclic) bond motifs is 1. The van der Waals surface area contributed by atoms with Crippen LogP contribution in [0.2, 0.25) is 0 Å². The fourth-order valence-corrected chi connectivity index (χ4v) is 4.45. The average Bonchev–Trinajstić information content (AvgIpc) is 2.99. The summed E-state index contributed by atoms with van der Waals surface area (Å²) in [7, 11) is -3.54. The van der Waals surface area contributed by atoms with Crippen LogP contribution >= 0.6 is 0 Å². The molecule has 0 bridgehead atoms. The number of sulfonamides is 1. The Balaban J connectivity index is 1.83. The van der Waals surface area contributed by atoms with Gasteiger partial charge >= 0.3 is 0 Å². The molecule has 1 aromatic rings. The summed E-state index contributed by atoms with van der Waals surface area (Å²) in [6.07, 6.45) is 0. The van der Waals surface area contributed by atoms with Gasteiger partial charge < -0.3 is 5.32 Å². The molecule has 0 spiro atoms. The van der Waals surface area contributed by atoms with Crippen molar-refractivity contribution in [2.24, 2.45) is 11.8 Å². The van der Waals surface area contributed by atoms with Crippen molar-refractivity contribution in [1.82, 2.24) is 9.62 Å². The highest BCUT2D eigenvalue weighted by atomic mass is 32.2. The molecule has 2 aliphatic rings. The van der Waals surface area contributed by atoms with Gasteiger partial charge in [-0.05, 0) is 37.1 Å². The summed E-state index contributed by atoms with van der Waals surface area (Å²) in [5, 5.41) is 13.8. The minimum Gasteiger partial charge on any atom is -0.316 e. The number of hydrogen-bond acceptors (Lipinski definition) is 5. The lowest BCUT2D eigenvalue weighted by atomic mass is 10.0. The monoisotopic (exact) mass is 297 g/mol. The summed E-state index contributed by atoms with van der Waals surface area (Å²) < 4.78 is 26.5. The number of rotatable bonds is 3. The maximum Gasteiger partial charge on any atom is 0.269 e. The van der Waals surface area contributed by atoms with E-state index >= 15 is 0 Å². The average molecular weight is 297 g/mol. The van der Waals surface area contributed by atoms with Gasteiger partial charge in [-0.3, -0.25) is 10.1 Å². The molecule has 2 heterocycles. The highest BCUT2D eigenvalue weighted by Gasteiger charge is 2.41. The second kappa shape index (κ2) is 4.80. The highest BCUT2D eigenvalue weighted by Crippen LogP contribution is 2.31. The van der Waals surface area contributed by atoms with Crippen LogP contribution in [0.15, 0.2) is 29.2 Å². The van der Waals surface area contributed by atoms with Crippen molar-refractivity contribution in [2.75, 3.05) is 26.2 Å². The Kier molecular flexibility index (Phi) is 3.23. The molecule has 0 aliphatic carbocycles. The molecule has 2 atom stereocenters. The number of nitro groups is 1. The van der Waals surface area contributed by atoms with Gasteiger partial charge in [0.15, 0.2) is 0 Å². The SMILES string of the molecule is O=[N+]([O-])c1ccc(S(=O)(=O)N2C[C@H]3CNC[C@H]3C2)cc1. The van der Waals surface area contributed by atoms with E-state index in [1.54, 1.807) is 0 Å². The number of non-ortho nitro benzene ring substituents is 1. The molecule has 0 aromatic heterocycles. The third kappa shape index (κ3) is 2.19. The molecule has 108 valence electrons. The lowest BCUT2D eigenvalue weighted by Crippen LogP contribution is -2.31. The molecule has 2 saturated heterocycles.